The molecule has 34 heavy (non-hydrogen) atoms. The van der Waals surface area contributed by atoms with Crippen LogP contribution in [0.2, 0.25) is 0 Å². The first-order chi connectivity index (χ1) is 16.4. The lowest BCUT2D eigenvalue weighted by atomic mass is 10.2. The van der Waals surface area contributed by atoms with E-state index >= 15 is 0 Å². The Morgan fingerprint density at radius 3 is 2.74 bits per heavy atom. The Bertz CT molecular complexity index is 1290. The lowest BCUT2D eigenvalue weighted by Gasteiger charge is -2.16. The monoisotopic (exact) mass is 486 g/mol. The Kier molecular flexibility index (Phi) is 6.68. The van der Waals surface area contributed by atoms with E-state index in [1.807, 2.05) is 34.9 Å². The SMILES string of the molecule is CN(Cn1c(OCc2csc(NC(=O)C(F)(F)Oc3ccccc3)n2)cc2ccccc21)N=N. The first kappa shape index (κ1) is 23.1. The van der Waals surface area contributed by atoms with Crippen molar-refractivity contribution in [3.05, 3.63) is 71.7 Å². The Labute approximate surface area is 197 Å². The fraction of sp³-hybridized carbons (Fsp3) is 0.182. The minimum Gasteiger partial charge on any atom is -0.472 e. The van der Waals surface area contributed by atoms with Crippen LogP contribution in [0.5, 0.6) is 11.6 Å². The molecule has 0 saturated heterocycles. The Morgan fingerprint density at radius 2 is 1.97 bits per heavy atom. The molecule has 0 atom stereocenters. The van der Waals surface area contributed by atoms with Gasteiger partial charge in [0.05, 0.1) is 11.2 Å². The molecule has 0 bridgehead atoms. The smallest absolute Gasteiger partial charge is 0.472 e. The topological polar surface area (TPSA) is 105 Å². The van der Waals surface area contributed by atoms with Crippen molar-refractivity contribution in [2.75, 3.05) is 12.4 Å². The molecular weight excluding hydrogens is 466 g/mol. The van der Waals surface area contributed by atoms with Gasteiger partial charge in [-0.15, -0.1) is 11.3 Å². The molecule has 2 aromatic carbocycles. The molecular formula is C22H20F2N6O3S. The van der Waals surface area contributed by atoms with Crippen LogP contribution >= 0.6 is 11.3 Å². The molecule has 0 unspecified atom stereocenters. The number of para-hydroxylation sites is 2. The molecule has 0 radical (unpaired) electrons. The van der Waals surface area contributed by atoms with Crippen LogP contribution in [0.1, 0.15) is 5.69 Å². The second kappa shape index (κ2) is 9.83. The van der Waals surface area contributed by atoms with Gasteiger partial charge in [-0.1, -0.05) is 41.6 Å². The number of carbonyl (C=O) groups is 1. The summed E-state index contributed by atoms with van der Waals surface area (Å²) >= 11 is 0.992. The molecule has 4 aromatic rings. The number of aromatic nitrogens is 2. The van der Waals surface area contributed by atoms with E-state index < -0.39 is 12.0 Å². The molecule has 9 nitrogen and oxygen atoms in total. The summed E-state index contributed by atoms with van der Waals surface area (Å²) in [5, 5.41) is 9.45. The number of ether oxygens (including phenoxy) is 2. The number of amides is 1. The minimum absolute atomic E-state index is 0.00628. The second-order valence-electron chi connectivity index (χ2n) is 7.19. The number of alkyl halides is 2. The molecule has 2 N–H and O–H groups in total. The fourth-order valence-corrected chi connectivity index (χ4v) is 3.81. The minimum atomic E-state index is -4.07. The molecule has 4 rings (SSSR count). The molecule has 176 valence electrons. The normalized spacial score (nSPS) is 11.3. The number of carbonyl (C=O) groups excluding carboxylic acids is 1. The zero-order valence-electron chi connectivity index (χ0n) is 17.9. The highest BCUT2D eigenvalue weighted by Crippen LogP contribution is 2.28. The number of rotatable bonds is 10. The number of hydrogen-bond acceptors (Lipinski definition) is 7. The first-order valence-electron chi connectivity index (χ1n) is 10.0. The summed E-state index contributed by atoms with van der Waals surface area (Å²) in [5.74, 6) is -1.23. The van der Waals surface area contributed by atoms with Gasteiger partial charge < -0.3 is 9.47 Å². The van der Waals surface area contributed by atoms with Gasteiger partial charge in [0.2, 0.25) is 0 Å². The van der Waals surface area contributed by atoms with E-state index in [1.165, 1.54) is 29.3 Å². The van der Waals surface area contributed by atoms with Crippen LogP contribution in [-0.2, 0) is 18.1 Å². The Morgan fingerprint density at radius 1 is 1.24 bits per heavy atom. The average molecular weight is 487 g/mol. The van der Waals surface area contributed by atoms with Crippen molar-refractivity contribution in [2.24, 2.45) is 5.22 Å². The quantitative estimate of drug-likeness (QED) is 0.239. The van der Waals surface area contributed by atoms with Crippen LogP contribution < -0.4 is 14.8 Å². The van der Waals surface area contributed by atoms with Crippen molar-refractivity contribution < 1.29 is 23.0 Å². The summed E-state index contributed by atoms with van der Waals surface area (Å²) in [6, 6.07) is 16.9. The van der Waals surface area contributed by atoms with Crippen molar-refractivity contribution in [2.45, 2.75) is 19.4 Å². The Balaban J connectivity index is 1.42. The molecule has 2 heterocycles. The molecule has 0 aliphatic heterocycles. The van der Waals surface area contributed by atoms with Crippen LogP contribution in [0.15, 0.2) is 71.3 Å². The van der Waals surface area contributed by atoms with E-state index in [2.05, 4.69) is 20.3 Å². The van der Waals surface area contributed by atoms with Crippen molar-refractivity contribution in [3.63, 3.8) is 0 Å². The molecule has 0 aliphatic rings. The number of fused-ring (bicyclic) bond motifs is 1. The highest BCUT2D eigenvalue weighted by molar-refractivity contribution is 7.13. The van der Waals surface area contributed by atoms with Gasteiger partial charge in [0, 0.05) is 23.9 Å². The second-order valence-corrected chi connectivity index (χ2v) is 8.05. The number of benzene rings is 2. The van der Waals surface area contributed by atoms with Gasteiger partial charge >= 0.3 is 12.0 Å². The molecule has 1 amide bonds. The van der Waals surface area contributed by atoms with E-state index in [0.29, 0.717) is 18.2 Å². The van der Waals surface area contributed by atoms with Crippen molar-refractivity contribution >= 4 is 33.3 Å². The van der Waals surface area contributed by atoms with Gasteiger partial charge in [0.25, 0.3) is 0 Å². The van der Waals surface area contributed by atoms with E-state index in [9.17, 15) is 13.6 Å². The van der Waals surface area contributed by atoms with Gasteiger partial charge in [-0.2, -0.15) is 14.3 Å². The van der Waals surface area contributed by atoms with Crippen molar-refractivity contribution in [1.29, 1.82) is 5.53 Å². The van der Waals surface area contributed by atoms with E-state index in [0.717, 1.165) is 22.2 Å². The predicted molar refractivity (Wildman–Crippen MR) is 122 cm³/mol. The third-order valence-corrected chi connectivity index (χ3v) is 5.49. The zero-order chi connectivity index (χ0) is 24.1. The van der Waals surface area contributed by atoms with E-state index in [-0.39, 0.29) is 17.5 Å². The third kappa shape index (κ3) is 5.29. The van der Waals surface area contributed by atoms with Crippen LogP contribution in [-0.4, -0.2) is 33.6 Å². The van der Waals surface area contributed by atoms with Crippen LogP contribution in [0.3, 0.4) is 0 Å². The summed E-state index contributed by atoms with van der Waals surface area (Å²) in [6.45, 7) is 0.336. The highest BCUT2D eigenvalue weighted by atomic mass is 32.1. The third-order valence-electron chi connectivity index (χ3n) is 4.68. The number of halogens is 2. The summed E-state index contributed by atoms with van der Waals surface area (Å²) < 4.78 is 40.5. The van der Waals surface area contributed by atoms with Crippen molar-refractivity contribution in [1.82, 2.24) is 14.6 Å². The zero-order valence-corrected chi connectivity index (χ0v) is 18.8. The number of anilines is 1. The Hall–Kier alpha value is -4.06. The van der Waals surface area contributed by atoms with Crippen LogP contribution in [0.4, 0.5) is 13.9 Å². The summed E-state index contributed by atoms with van der Waals surface area (Å²) in [6.07, 6.45) is -4.07. The van der Waals surface area contributed by atoms with Crippen LogP contribution in [0, 0.1) is 5.53 Å². The number of nitrogens with one attached hydrogen (secondary N) is 2. The molecule has 0 aliphatic carbocycles. The van der Waals surface area contributed by atoms with Gasteiger partial charge in [-0.25, -0.2) is 4.98 Å². The molecule has 2 aromatic heterocycles. The standard InChI is InChI=1S/C22H20F2N6O3S/c1-29(28-25)14-30-18-10-6-5-7-15(18)11-19(30)32-12-16-13-34-21(26-16)27-20(31)22(23,24)33-17-8-3-2-4-9-17/h2-11,13,25H,12,14H2,1H3,(H,26,27,31). The number of hydrogen-bond donors (Lipinski definition) is 2. The highest BCUT2D eigenvalue weighted by Gasteiger charge is 2.42. The lowest BCUT2D eigenvalue weighted by molar-refractivity contribution is -0.187. The van der Waals surface area contributed by atoms with Gasteiger partial charge in [-0.3, -0.25) is 19.7 Å². The first-order valence-corrected chi connectivity index (χ1v) is 10.9. The van der Waals surface area contributed by atoms with Gasteiger partial charge in [0.15, 0.2) is 11.0 Å². The maximum atomic E-state index is 14.1. The average Bonchev–Trinajstić information content (AvgIpc) is 3.42. The molecule has 0 spiro atoms. The summed E-state index contributed by atoms with van der Waals surface area (Å²) in [4.78, 5) is 16.2. The lowest BCUT2D eigenvalue weighted by Crippen LogP contribution is -2.39. The largest absolute Gasteiger partial charge is 0.482 e. The van der Waals surface area contributed by atoms with Gasteiger partial charge in [-0.05, 0) is 18.2 Å². The van der Waals surface area contributed by atoms with Crippen LogP contribution in [0.25, 0.3) is 10.9 Å². The van der Waals surface area contributed by atoms with Gasteiger partial charge in [0.1, 0.15) is 19.0 Å². The fourth-order valence-electron chi connectivity index (χ4n) is 3.12. The summed E-state index contributed by atoms with van der Waals surface area (Å²) in [5.41, 5.74) is 8.53. The van der Waals surface area contributed by atoms with E-state index in [1.54, 1.807) is 18.5 Å². The number of thiazole rings is 1. The predicted octanol–water partition coefficient (Wildman–Crippen LogP) is 5.12. The molecule has 12 heteroatoms. The maximum absolute atomic E-state index is 14.1. The van der Waals surface area contributed by atoms with E-state index in [4.69, 9.17) is 10.3 Å². The van der Waals surface area contributed by atoms with Crippen molar-refractivity contribution in [3.8, 4) is 11.6 Å². The molecule has 0 saturated carbocycles. The maximum Gasteiger partial charge on any atom is 0.482 e. The number of nitrogens with zero attached hydrogens (tertiary/aromatic N) is 4. The summed E-state index contributed by atoms with van der Waals surface area (Å²) in [7, 11) is 1.66. The molecule has 0 fully saturated rings.